The summed E-state index contributed by atoms with van der Waals surface area (Å²) in [6, 6.07) is 17.2. The highest BCUT2D eigenvalue weighted by molar-refractivity contribution is 5.72. The Bertz CT molecular complexity index is 1370. The minimum absolute atomic E-state index is 0.703. The second kappa shape index (κ2) is 9.51. The summed E-state index contributed by atoms with van der Waals surface area (Å²) < 4.78 is 13.0. The molecule has 6 heteroatoms. The Morgan fingerprint density at radius 2 is 1.53 bits per heavy atom. The van der Waals surface area contributed by atoms with E-state index in [0.29, 0.717) is 11.5 Å². The molecule has 2 fully saturated rings. The van der Waals surface area contributed by atoms with Crippen molar-refractivity contribution < 1.29 is 9.47 Å². The molecule has 2 aromatic carbocycles. The first-order valence-corrected chi connectivity index (χ1v) is 12.9. The zero-order valence-electron chi connectivity index (χ0n) is 21.4. The van der Waals surface area contributed by atoms with Gasteiger partial charge >= 0.3 is 0 Å². The van der Waals surface area contributed by atoms with Crippen LogP contribution in [0.15, 0.2) is 60.9 Å². The number of benzene rings is 2. The van der Waals surface area contributed by atoms with E-state index in [1.165, 1.54) is 49.3 Å². The van der Waals surface area contributed by atoms with Gasteiger partial charge in [0, 0.05) is 56.4 Å². The van der Waals surface area contributed by atoms with Crippen molar-refractivity contribution in [3.8, 4) is 33.9 Å². The average molecular weight is 483 g/mol. The summed E-state index contributed by atoms with van der Waals surface area (Å²) in [5, 5.41) is 0. The van der Waals surface area contributed by atoms with Crippen molar-refractivity contribution in [3.63, 3.8) is 0 Å². The van der Waals surface area contributed by atoms with Gasteiger partial charge in [-0.25, -0.2) is 4.98 Å². The average Bonchev–Trinajstić information content (AvgIpc) is 3.63. The number of methoxy groups -OCH3 is 2. The number of hydrogen-bond acceptors (Lipinski definition) is 5. The standard InChI is InChI=1S/C30H34N4O2/c1-21-16-25(19-34-20-27(31-30(21)34)24-8-11-28(35-2)29(17-24)36-3)23-6-9-26(10-7-23)33-14-12-32(13-15-33)18-22-4-5-22/h6-11,16-17,19-20,22H,4-5,12-15,18H2,1-3H3. The number of fused-ring (bicyclic) bond motifs is 1. The topological polar surface area (TPSA) is 42.2 Å². The van der Waals surface area contributed by atoms with E-state index >= 15 is 0 Å². The molecule has 2 aliphatic rings. The molecule has 3 heterocycles. The highest BCUT2D eigenvalue weighted by Gasteiger charge is 2.26. The lowest BCUT2D eigenvalue weighted by Gasteiger charge is -2.36. The van der Waals surface area contributed by atoms with Crippen molar-refractivity contribution in [2.75, 3.05) is 51.8 Å². The number of anilines is 1. The molecule has 36 heavy (non-hydrogen) atoms. The summed E-state index contributed by atoms with van der Waals surface area (Å²) in [6.45, 7) is 8.01. The van der Waals surface area contributed by atoms with Gasteiger partial charge in [0.05, 0.1) is 19.9 Å². The third-order valence-corrected chi connectivity index (χ3v) is 7.57. The molecule has 0 spiro atoms. The van der Waals surface area contributed by atoms with Crippen molar-refractivity contribution in [1.29, 1.82) is 0 Å². The van der Waals surface area contributed by atoms with Gasteiger partial charge in [-0.05, 0) is 78.8 Å². The molecular weight excluding hydrogens is 448 g/mol. The van der Waals surface area contributed by atoms with E-state index < -0.39 is 0 Å². The maximum absolute atomic E-state index is 5.48. The normalized spacial score (nSPS) is 16.5. The molecule has 1 aliphatic carbocycles. The predicted molar refractivity (Wildman–Crippen MR) is 145 cm³/mol. The lowest BCUT2D eigenvalue weighted by atomic mass is 10.1. The van der Waals surface area contributed by atoms with Crippen molar-refractivity contribution in [2.45, 2.75) is 19.8 Å². The summed E-state index contributed by atoms with van der Waals surface area (Å²) >= 11 is 0. The maximum Gasteiger partial charge on any atom is 0.161 e. The Labute approximate surface area is 213 Å². The minimum Gasteiger partial charge on any atom is -0.493 e. The minimum atomic E-state index is 0.703. The Kier molecular flexibility index (Phi) is 6.05. The summed E-state index contributed by atoms with van der Waals surface area (Å²) in [7, 11) is 3.30. The molecule has 0 atom stereocenters. The zero-order valence-corrected chi connectivity index (χ0v) is 21.4. The first-order valence-electron chi connectivity index (χ1n) is 12.9. The van der Waals surface area contributed by atoms with Crippen molar-refractivity contribution >= 4 is 11.3 Å². The van der Waals surface area contributed by atoms with Gasteiger partial charge in [0.2, 0.25) is 0 Å². The molecule has 2 aromatic heterocycles. The van der Waals surface area contributed by atoms with Crippen LogP contribution in [-0.4, -0.2) is 61.2 Å². The van der Waals surface area contributed by atoms with Gasteiger partial charge in [0.15, 0.2) is 11.5 Å². The Balaban J connectivity index is 1.22. The lowest BCUT2D eigenvalue weighted by Crippen LogP contribution is -2.47. The van der Waals surface area contributed by atoms with Crippen LogP contribution >= 0.6 is 0 Å². The molecule has 0 amide bonds. The summed E-state index contributed by atoms with van der Waals surface area (Å²) in [5.41, 5.74) is 7.75. The van der Waals surface area contributed by atoms with Gasteiger partial charge in [0.1, 0.15) is 5.65 Å². The van der Waals surface area contributed by atoms with Crippen LogP contribution in [0, 0.1) is 12.8 Å². The second-order valence-corrected chi connectivity index (χ2v) is 10.1. The molecule has 0 N–H and O–H groups in total. The highest BCUT2D eigenvalue weighted by Crippen LogP contribution is 2.33. The van der Waals surface area contributed by atoms with E-state index in [0.717, 1.165) is 41.5 Å². The number of nitrogens with zero attached hydrogens (tertiary/aromatic N) is 4. The van der Waals surface area contributed by atoms with Crippen LogP contribution in [0.2, 0.25) is 0 Å². The van der Waals surface area contributed by atoms with Gasteiger partial charge in [-0.1, -0.05) is 12.1 Å². The number of ether oxygens (including phenoxy) is 2. The van der Waals surface area contributed by atoms with E-state index in [9.17, 15) is 0 Å². The van der Waals surface area contributed by atoms with Crippen LogP contribution in [0.1, 0.15) is 18.4 Å². The van der Waals surface area contributed by atoms with Crippen LogP contribution < -0.4 is 14.4 Å². The molecule has 4 aromatic rings. The fourth-order valence-corrected chi connectivity index (χ4v) is 5.28. The summed E-state index contributed by atoms with van der Waals surface area (Å²) in [5.74, 6) is 2.39. The van der Waals surface area contributed by atoms with E-state index in [1.54, 1.807) is 14.2 Å². The van der Waals surface area contributed by atoms with Gasteiger partial charge in [-0.3, -0.25) is 4.90 Å². The molecule has 1 saturated heterocycles. The summed E-state index contributed by atoms with van der Waals surface area (Å²) in [6.07, 6.45) is 7.13. The first-order chi connectivity index (χ1) is 17.6. The van der Waals surface area contributed by atoms with Crippen LogP contribution in [0.25, 0.3) is 28.0 Å². The van der Waals surface area contributed by atoms with Gasteiger partial charge in [-0.2, -0.15) is 0 Å². The Hall–Kier alpha value is -3.51. The molecular formula is C30H34N4O2. The van der Waals surface area contributed by atoms with Crippen molar-refractivity contribution in [3.05, 3.63) is 66.5 Å². The van der Waals surface area contributed by atoms with E-state index in [2.05, 4.69) is 63.8 Å². The SMILES string of the molecule is COc1ccc(-c2cn3cc(-c4ccc(N5CCN(CC6CC6)CC5)cc4)cc(C)c3n2)cc1OC. The molecule has 0 radical (unpaired) electrons. The maximum atomic E-state index is 5.48. The molecule has 0 unspecified atom stereocenters. The molecule has 186 valence electrons. The van der Waals surface area contributed by atoms with Crippen LogP contribution in [-0.2, 0) is 0 Å². The number of piperazine rings is 1. The second-order valence-electron chi connectivity index (χ2n) is 10.1. The Morgan fingerprint density at radius 1 is 0.806 bits per heavy atom. The fourth-order valence-electron chi connectivity index (χ4n) is 5.28. The van der Waals surface area contributed by atoms with E-state index in [4.69, 9.17) is 14.5 Å². The zero-order chi connectivity index (χ0) is 24.6. The van der Waals surface area contributed by atoms with E-state index in [1.807, 2.05) is 18.2 Å². The number of aromatic nitrogens is 2. The summed E-state index contributed by atoms with van der Waals surface area (Å²) in [4.78, 5) is 10.1. The number of imidazole rings is 1. The van der Waals surface area contributed by atoms with Gasteiger partial charge in [0.25, 0.3) is 0 Å². The van der Waals surface area contributed by atoms with Crippen LogP contribution in [0.3, 0.4) is 0 Å². The largest absolute Gasteiger partial charge is 0.493 e. The number of pyridine rings is 1. The Morgan fingerprint density at radius 3 is 2.22 bits per heavy atom. The number of rotatable bonds is 7. The molecule has 1 saturated carbocycles. The molecule has 1 aliphatic heterocycles. The van der Waals surface area contributed by atoms with Crippen molar-refractivity contribution in [2.24, 2.45) is 5.92 Å². The van der Waals surface area contributed by atoms with Crippen LogP contribution in [0.4, 0.5) is 5.69 Å². The van der Waals surface area contributed by atoms with Crippen LogP contribution in [0.5, 0.6) is 11.5 Å². The molecule has 6 rings (SSSR count). The molecule has 0 bridgehead atoms. The third-order valence-electron chi connectivity index (χ3n) is 7.57. The smallest absolute Gasteiger partial charge is 0.161 e. The van der Waals surface area contributed by atoms with Gasteiger partial charge < -0.3 is 18.8 Å². The lowest BCUT2D eigenvalue weighted by molar-refractivity contribution is 0.248. The molecule has 6 nitrogen and oxygen atoms in total. The predicted octanol–water partition coefficient (Wildman–Crippen LogP) is 5.53. The van der Waals surface area contributed by atoms with Gasteiger partial charge in [-0.15, -0.1) is 0 Å². The van der Waals surface area contributed by atoms with E-state index in [-0.39, 0.29) is 0 Å². The third kappa shape index (κ3) is 4.53. The number of hydrogen-bond donors (Lipinski definition) is 0. The highest BCUT2D eigenvalue weighted by atomic mass is 16.5. The number of aryl methyl sites for hydroxylation is 1. The fraction of sp³-hybridized carbons (Fsp3) is 0.367. The monoisotopic (exact) mass is 482 g/mol. The van der Waals surface area contributed by atoms with Crippen molar-refractivity contribution in [1.82, 2.24) is 14.3 Å². The first kappa shape index (κ1) is 22.9. The quantitative estimate of drug-likeness (QED) is 0.347.